The van der Waals surface area contributed by atoms with E-state index in [2.05, 4.69) is 15.7 Å². The van der Waals surface area contributed by atoms with Gasteiger partial charge in [-0.15, -0.1) is 0 Å². The first-order valence-electron chi connectivity index (χ1n) is 9.88. The Balaban J connectivity index is 1.44. The summed E-state index contributed by atoms with van der Waals surface area (Å²) in [5.41, 5.74) is 3.98. The number of carbonyl (C=O) groups is 2. The highest BCUT2D eigenvalue weighted by Gasteiger charge is 2.13. The summed E-state index contributed by atoms with van der Waals surface area (Å²) in [7, 11) is 0. The minimum atomic E-state index is -0.363. The Morgan fingerprint density at radius 1 is 1.00 bits per heavy atom. The summed E-state index contributed by atoms with van der Waals surface area (Å²) >= 11 is 0. The Morgan fingerprint density at radius 2 is 1.84 bits per heavy atom. The molecule has 31 heavy (non-hydrogen) atoms. The lowest BCUT2D eigenvalue weighted by atomic mass is 10.1. The standard InChI is InChI=1S/C24H22N4O3/c1-17-9-10-18(14-21(17)27-24(30)22-8-4-13-31-22)23(29)25-15-19-6-2-3-7-20(19)16-28-12-5-11-26-28/h2-14H,15-16H2,1H3,(H,25,29)(H,27,30). The summed E-state index contributed by atoms with van der Waals surface area (Å²) in [4.78, 5) is 25.0. The number of furan rings is 1. The maximum atomic E-state index is 12.8. The van der Waals surface area contributed by atoms with Crippen LogP contribution in [-0.2, 0) is 13.1 Å². The molecule has 0 aliphatic rings. The van der Waals surface area contributed by atoms with Crippen molar-refractivity contribution in [1.29, 1.82) is 0 Å². The molecule has 2 heterocycles. The fourth-order valence-corrected chi connectivity index (χ4v) is 3.22. The maximum Gasteiger partial charge on any atom is 0.291 e. The maximum absolute atomic E-state index is 12.8. The van der Waals surface area contributed by atoms with E-state index in [4.69, 9.17) is 4.42 Å². The van der Waals surface area contributed by atoms with Crippen molar-refractivity contribution in [3.05, 3.63) is 107 Å². The number of rotatable bonds is 7. The molecule has 4 aromatic rings. The molecular formula is C24H22N4O3. The second-order valence-electron chi connectivity index (χ2n) is 7.12. The van der Waals surface area contributed by atoms with Crippen LogP contribution in [0, 0.1) is 6.92 Å². The molecule has 0 saturated heterocycles. The number of amides is 2. The lowest BCUT2D eigenvalue weighted by Crippen LogP contribution is -2.24. The average Bonchev–Trinajstić information content (AvgIpc) is 3.49. The molecule has 0 spiro atoms. The molecule has 0 unspecified atom stereocenters. The first kappa shape index (κ1) is 20.2. The zero-order valence-corrected chi connectivity index (χ0v) is 17.0. The van der Waals surface area contributed by atoms with E-state index >= 15 is 0 Å². The molecule has 4 rings (SSSR count). The lowest BCUT2D eigenvalue weighted by Gasteiger charge is -2.12. The molecule has 0 bridgehead atoms. The summed E-state index contributed by atoms with van der Waals surface area (Å²) in [5, 5.41) is 10.00. The highest BCUT2D eigenvalue weighted by molar-refractivity contribution is 6.03. The smallest absolute Gasteiger partial charge is 0.291 e. The van der Waals surface area contributed by atoms with Crippen molar-refractivity contribution < 1.29 is 14.0 Å². The minimum absolute atomic E-state index is 0.211. The van der Waals surface area contributed by atoms with Crippen molar-refractivity contribution in [3.63, 3.8) is 0 Å². The number of aryl methyl sites for hydroxylation is 1. The van der Waals surface area contributed by atoms with Gasteiger partial charge in [-0.3, -0.25) is 14.3 Å². The molecule has 0 aliphatic heterocycles. The summed E-state index contributed by atoms with van der Waals surface area (Å²) in [6, 6.07) is 18.3. The largest absolute Gasteiger partial charge is 0.459 e. The average molecular weight is 414 g/mol. The van der Waals surface area contributed by atoms with Crippen LogP contribution in [0.15, 0.2) is 83.7 Å². The van der Waals surface area contributed by atoms with Crippen molar-refractivity contribution in [2.24, 2.45) is 0 Å². The normalized spacial score (nSPS) is 10.6. The van der Waals surface area contributed by atoms with Crippen LogP contribution in [0.4, 0.5) is 5.69 Å². The highest BCUT2D eigenvalue weighted by atomic mass is 16.3. The third-order valence-electron chi connectivity index (χ3n) is 4.94. The molecule has 2 N–H and O–H groups in total. The van der Waals surface area contributed by atoms with Crippen LogP contribution in [0.1, 0.15) is 37.6 Å². The SMILES string of the molecule is Cc1ccc(C(=O)NCc2ccccc2Cn2cccn2)cc1NC(=O)c1ccco1. The van der Waals surface area contributed by atoms with Crippen LogP contribution >= 0.6 is 0 Å². The molecule has 7 nitrogen and oxygen atoms in total. The Bertz CT molecular complexity index is 1180. The van der Waals surface area contributed by atoms with Crippen LogP contribution in [-0.4, -0.2) is 21.6 Å². The summed E-state index contributed by atoms with van der Waals surface area (Å²) in [5.74, 6) is -0.372. The molecule has 0 fully saturated rings. The molecule has 2 aromatic heterocycles. The predicted molar refractivity (Wildman–Crippen MR) is 117 cm³/mol. The van der Waals surface area contributed by atoms with E-state index in [-0.39, 0.29) is 17.6 Å². The predicted octanol–water partition coefficient (Wildman–Crippen LogP) is 4.02. The summed E-state index contributed by atoms with van der Waals surface area (Å²) < 4.78 is 6.97. The molecule has 0 saturated carbocycles. The summed E-state index contributed by atoms with van der Waals surface area (Å²) in [6.45, 7) is 2.88. The van der Waals surface area contributed by atoms with Crippen LogP contribution < -0.4 is 10.6 Å². The van der Waals surface area contributed by atoms with E-state index in [0.717, 1.165) is 16.7 Å². The Hall–Kier alpha value is -4.13. The van der Waals surface area contributed by atoms with Crippen LogP contribution in [0.3, 0.4) is 0 Å². The zero-order chi connectivity index (χ0) is 21.6. The monoisotopic (exact) mass is 414 g/mol. The fraction of sp³-hybridized carbons (Fsp3) is 0.125. The molecule has 2 amide bonds. The number of hydrogen-bond donors (Lipinski definition) is 2. The van der Waals surface area contributed by atoms with Crippen molar-refractivity contribution in [1.82, 2.24) is 15.1 Å². The van der Waals surface area contributed by atoms with Crippen LogP contribution in [0.25, 0.3) is 0 Å². The first-order chi connectivity index (χ1) is 15.1. The van der Waals surface area contributed by atoms with E-state index < -0.39 is 0 Å². The van der Waals surface area contributed by atoms with Gasteiger partial charge in [-0.1, -0.05) is 30.3 Å². The highest BCUT2D eigenvalue weighted by Crippen LogP contribution is 2.19. The fourth-order valence-electron chi connectivity index (χ4n) is 3.22. The molecule has 0 atom stereocenters. The van der Waals surface area contributed by atoms with Crippen molar-refractivity contribution >= 4 is 17.5 Å². The van der Waals surface area contributed by atoms with E-state index in [9.17, 15) is 9.59 Å². The van der Waals surface area contributed by atoms with Gasteiger partial charge in [0.2, 0.25) is 0 Å². The van der Waals surface area contributed by atoms with Gasteiger partial charge in [0.05, 0.1) is 12.8 Å². The molecule has 0 aliphatic carbocycles. The number of anilines is 1. The summed E-state index contributed by atoms with van der Waals surface area (Å²) in [6.07, 6.45) is 5.08. The lowest BCUT2D eigenvalue weighted by molar-refractivity contribution is 0.0948. The number of nitrogens with zero attached hydrogens (tertiary/aromatic N) is 2. The number of benzene rings is 2. The van der Waals surface area contributed by atoms with E-state index in [1.165, 1.54) is 6.26 Å². The van der Waals surface area contributed by atoms with Gasteiger partial charge in [0.1, 0.15) is 0 Å². The van der Waals surface area contributed by atoms with E-state index in [1.807, 2.05) is 48.1 Å². The van der Waals surface area contributed by atoms with Gasteiger partial charge in [0, 0.05) is 30.2 Å². The quantitative estimate of drug-likeness (QED) is 0.478. The second kappa shape index (κ2) is 9.13. The second-order valence-corrected chi connectivity index (χ2v) is 7.12. The van der Waals surface area contributed by atoms with Crippen molar-refractivity contribution in [3.8, 4) is 0 Å². The van der Waals surface area contributed by atoms with Crippen molar-refractivity contribution in [2.75, 3.05) is 5.32 Å². The van der Waals surface area contributed by atoms with Crippen molar-refractivity contribution in [2.45, 2.75) is 20.0 Å². The molecule has 7 heteroatoms. The zero-order valence-electron chi connectivity index (χ0n) is 17.0. The molecular weight excluding hydrogens is 392 g/mol. The number of carbonyl (C=O) groups excluding carboxylic acids is 2. The molecule has 2 aromatic carbocycles. The number of nitrogens with one attached hydrogen (secondary N) is 2. The third-order valence-corrected chi connectivity index (χ3v) is 4.94. The van der Waals surface area contributed by atoms with Gasteiger partial charge in [-0.05, 0) is 53.9 Å². The molecule has 0 radical (unpaired) electrons. The van der Waals surface area contributed by atoms with Crippen LogP contribution in [0.5, 0.6) is 0 Å². The van der Waals surface area contributed by atoms with Gasteiger partial charge < -0.3 is 15.1 Å². The van der Waals surface area contributed by atoms with Crippen LogP contribution in [0.2, 0.25) is 0 Å². The first-order valence-corrected chi connectivity index (χ1v) is 9.88. The third kappa shape index (κ3) is 4.90. The Labute approximate surface area is 179 Å². The number of aromatic nitrogens is 2. The van der Waals surface area contributed by atoms with Gasteiger partial charge in [-0.2, -0.15) is 5.10 Å². The van der Waals surface area contributed by atoms with E-state index in [1.54, 1.807) is 36.5 Å². The minimum Gasteiger partial charge on any atom is -0.459 e. The topological polar surface area (TPSA) is 89.2 Å². The van der Waals surface area contributed by atoms with Gasteiger partial charge in [-0.25, -0.2) is 0 Å². The number of hydrogen-bond acceptors (Lipinski definition) is 4. The van der Waals surface area contributed by atoms with Gasteiger partial charge in [0.15, 0.2) is 5.76 Å². The Kier molecular flexibility index (Phi) is 5.93. The van der Waals surface area contributed by atoms with E-state index in [0.29, 0.717) is 24.3 Å². The van der Waals surface area contributed by atoms with Gasteiger partial charge in [0.25, 0.3) is 11.8 Å². The van der Waals surface area contributed by atoms with Gasteiger partial charge >= 0.3 is 0 Å². The molecule has 156 valence electrons. The Morgan fingerprint density at radius 3 is 2.58 bits per heavy atom.